The number of nitrogens with zero attached hydrogens (tertiary/aromatic N) is 1. The van der Waals surface area contributed by atoms with E-state index in [4.69, 9.17) is 14.0 Å². The number of ether oxygens (including phenoxy) is 2. The molecular weight excluding hydrogens is 392 g/mol. The Morgan fingerprint density at radius 2 is 1.81 bits per heavy atom. The van der Waals surface area contributed by atoms with Crippen molar-refractivity contribution in [2.75, 3.05) is 19.5 Å². The van der Waals surface area contributed by atoms with Gasteiger partial charge in [-0.15, -0.1) is 0 Å². The van der Waals surface area contributed by atoms with Gasteiger partial charge in [0.05, 0.1) is 31.4 Å². The number of allylic oxidation sites excluding steroid dienone is 2. The Balaban J connectivity index is 1.61. The number of anilines is 1. The summed E-state index contributed by atoms with van der Waals surface area (Å²) in [7, 11) is 3.30. The highest BCUT2D eigenvalue weighted by molar-refractivity contribution is 6.01. The molecule has 1 aliphatic heterocycles. The van der Waals surface area contributed by atoms with Gasteiger partial charge in [0.1, 0.15) is 11.5 Å². The fourth-order valence-electron chi connectivity index (χ4n) is 4.80. The normalized spacial score (nSPS) is 20.0. The minimum atomic E-state index is -0.266. The zero-order chi connectivity index (χ0) is 21.5. The van der Waals surface area contributed by atoms with E-state index in [1.165, 1.54) is 0 Å². The molecule has 1 aromatic heterocycles. The van der Waals surface area contributed by atoms with Crippen molar-refractivity contribution in [1.82, 2.24) is 5.16 Å². The molecule has 0 saturated carbocycles. The Morgan fingerprint density at radius 3 is 2.55 bits per heavy atom. The zero-order valence-electron chi connectivity index (χ0n) is 17.8. The van der Waals surface area contributed by atoms with Crippen LogP contribution in [-0.2, 0) is 4.79 Å². The smallest absolute Gasteiger partial charge is 0.233 e. The summed E-state index contributed by atoms with van der Waals surface area (Å²) < 4.78 is 16.5. The number of aromatic nitrogens is 1. The van der Waals surface area contributed by atoms with Crippen LogP contribution >= 0.6 is 0 Å². The van der Waals surface area contributed by atoms with Gasteiger partial charge in [0.2, 0.25) is 5.88 Å². The summed E-state index contributed by atoms with van der Waals surface area (Å²) in [4.78, 5) is 13.5. The number of nitrogens with one attached hydrogen (secondary N) is 1. The maximum absolute atomic E-state index is 13.5. The van der Waals surface area contributed by atoms with Crippen molar-refractivity contribution in [2.45, 2.75) is 31.6 Å². The van der Waals surface area contributed by atoms with Crippen LogP contribution < -0.4 is 14.8 Å². The molecule has 5 rings (SSSR count). The van der Waals surface area contributed by atoms with Gasteiger partial charge in [-0.25, -0.2) is 0 Å². The molecule has 0 radical (unpaired) electrons. The van der Waals surface area contributed by atoms with Gasteiger partial charge < -0.3 is 19.3 Å². The summed E-state index contributed by atoms with van der Waals surface area (Å²) in [6.07, 6.45) is 1.18. The Bertz CT molecular complexity index is 1180. The molecule has 0 spiro atoms. The van der Waals surface area contributed by atoms with E-state index in [0.717, 1.165) is 51.6 Å². The maximum Gasteiger partial charge on any atom is 0.233 e. The van der Waals surface area contributed by atoms with E-state index in [1.807, 2.05) is 55.5 Å². The topological polar surface area (TPSA) is 73.6 Å². The number of carbonyl (C=O) groups excluding carboxylic acids is 1. The van der Waals surface area contributed by atoms with Crippen LogP contribution in [0.4, 0.5) is 5.88 Å². The van der Waals surface area contributed by atoms with Crippen molar-refractivity contribution in [1.29, 1.82) is 0 Å². The molecule has 6 nitrogen and oxygen atoms in total. The number of methoxy groups -OCH3 is 2. The molecule has 2 aliphatic rings. The van der Waals surface area contributed by atoms with Crippen molar-refractivity contribution in [2.24, 2.45) is 0 Å². The third-order valence-electron chi connectivity index (χ3n) is 6.30. The predicted molar refractivity (Wildman–Crippen MR) is 117 cm³/mol. The van der Waals surface area contributed by atoms with E-state index in [1.54, 1.807) is 14.2 Å². The van der Waals surface area contributed by atoms with Gasteiger partial charge in [-0.2, -0.15) is 0 Å². The molecule has 158 valence electrons. The molecule has 0 bridgehead atoms. The summed E-state index contributed by atoms with van der Waals surface area (Å²) >= 11 is 0. The minimum Gasteiger partial charge on any atom is -0.497 e. The van der Waals surface area contributed by atoms with E-state index >= 15 is 0 Å². The minimum absolute atomic E-state index is 0.0912. The Hall–Kier alpha value is -3.54. The van der Waals surface area contributed by atoms with Crippen molar-refractivity contribution >= 4 is 11.7 Å². The molecule has 0 amide bonds. The van der Waals surface area contributed by atoms with Gasteiger partial charge in [0, 0.05) is 23.3 Å². The highest BCUT2D eigenvalue weighted by atomic mass is 16.5. The first-order valence-electron chi connectivity index (χ1n) is 10.4. The highest BCUT2D eigenvalue weighted by Crippen LogP contribution is 2.50. The van der Waals surface area contributed by atoms with Crippen LogP contribution in [0.1, 0.15) is 47.1 Å². The van der Waals surface area contributed by atoms with Gasteiger partial charge in [-0.3, -0.25) is 4.79 Å². The number of hydrogen-bond donors (Lipinski definition) is 1. The van der Waals surface area contributed by atoms with Crippen LogP contribution in [0.3, 0.4) is 0 Å². The van der Waals surface area contributed by atoms with E-state index in [0.29, 0.717) is 12.3 Å². The van der Waals surface area contributed by atoms with E-state index in [-0.39, 0.29) is 17.6 Å². The lowest BCUT2D eigenvalue weighted by Crippen LogP contribution is -2.29. The lowest BCUT2D eigenvalue weighted by atomic mass is 9.72. The van der Waals surface area contributed by atoms with Gasteiger partial charge in [0.25, 0.3) is 0 Å². The second-order valence-corrected chi connectivity index (χ2v) is 8.00. The van der Waals surface area contributed by atoms with Gasteiger partial charge in [-0.1, -0.05) is 35.5 Å². The predicted octanol–water partition coefficient (Wildman–Crippen LogP) is 4.96. The lowest BCUT2D eigenvalue weighted by Gasteiger charge is -2.34. The average Bonchev–Trinajstić information content (AvgIpc) is 3.17. The summed E-state index contributed by atoms with van der Waals surface area (Å²) in [5.74, 6) is 2.12. The van der Waals surface area contributed by atoms with Crippen molar-refractivity contribution < 1.29 is 18.8 Å². The van der Waals surface area contributed by atoms with E-state index in [9.17, 15) is 4.79 Å². The van der Waals surface area contributed by atoms with Crippen molar-refractivity contribution in [3.05, 3.63) is 82.2 Å². The molecular formula is C25H24N2O4. The zero-order valence-corrected chi connectivity index (χ0v) is 17.8. The summed E-state index contributed by atoms with van der Waals surface area (Å²) in [5.41, 5.74) is 5.43. The van der Waals surface area contributed by atoms with Crippen LogP contribution in [0.15, 0.2) is 64.3 Å². The molecule has 1 N–H and O–H groups in total. The number of ketones is 1. The molecule has 0 unspecified atom stereocenters. The molecule has 2 heterocycles. The Kier molecular flexibility index (Phi) is 4.77. The molecule has 2 aromatic carbocycles. The van der Waals surface area contributed by atoms with Gasteiger partial charge >= 0.3 is 0 Å². The standard InChI is InChI=1S/C25H24N2O4/c1-14-22-23(18-6-4-5-7-21(18)30-3)24-19(26-25(22)31-27-14)12-16(13-20(24)28)15-8-10-17(29-2)11-9-15/h4-11,16,23,26H,12-13H2,1-3H3/t16-,23-/m1/s1. The molecule has 1 aliphatic carbocycles. The van der Waals surface area contributed by atoms with Crippen LogP contribution in [0, 0.1) is 6.92 Å². The number of hydrogen-bond acceptors (Lipinski definition) is 6. The molecule has 0 fully saturated rings. The van der Waals surface area contributed by atoms with Crippen LogP contribution in [-0.4, -0.2) is 25.2 Å². The van der Waals surface area contributed by atoms with E-state index in [2.05, 4.69) is 10.5 Å². The maximum atomic E-state index is 13.5. The quantitative estimate of drug-likeness (QED) is 0.648. The largest absolute Gasteiger partial charge is 0.497 e. The number of Topliss-reactive ketones (excluding diaryl/α,β-unsaturated/α-hetero) is 1. The van der Waals surface area contributed by atoms with Crippen LogP contribution in [0.5, 0.6) is 11.5 Å². The molecule has 6 heteroatoms. The molecule has 31 heavy (non-hydrogen) atoms. The first-order valence-corrected chi connectivity index (χ1v) is 10.4. The second-order valence-electron chi connectivity index (χ2n) is 8.00. The number of fused-ring (bicyclic) bond motifs is 1. The molecule has 0 saturated heterocycles. The summed E-state index contributed by atoms with van der Waals surface area (Å²) in [6.45, 7) is 1.91. The average molecular weight is 416 g/mol. The first kappa shape index (κ1) is 19.4. The number of benzene rings is 2. The van der Waals surface area contributed by atoms with Crippen molar-refractivity contribution in [3.63, 3.8) is 0 Å². The first-order chi connectivity index (χ1) is 15.1. The molecule has 3 aromatic rings. The second kappa shape index (κ2) is 7.61. The monoisotopic (exact) mass is 416 g/mol. The van der Waals surface area contributed by atoms with E-state index < -0.39 is 0 Å². The number of carbonyl (C=O) groups is 1. The Labute approximate surface area is 180 Å². The van der Waals surface area contributed by atoms with Crippen LogP contribution in [0.25, 0.3) is 0 Å². The summed E-state index contributed by atoms with van der Waals surface area (Å²) in [5, 5.41) is 7.55. The fourth-order valence-corrected chi connectivity index (χ4v) is 4.80. The van der Waals surface area contributed by atoms with Gasteiger partial charge in [0.15, 0.2) is 5.78 Å². The third-order valence-corrected chi connectivity index (χ3v) is 6.30. The summed E-state index contributed by atoms with van der Waals surface area (Å²) in [6, 6.07) is 15.8. The fraction of sp³-hybridized carbons (Fsp3) is 0.280. The number of aryl methyl sites for hydroxylation is 1. The SMILES string of the molecule is COc1ccc([C@H]2CC(=O)C3=C(C2)Nc2onc(C)c2[C@H]3c2ccccc2OC)cc1. The third kappa shape index (κ3) is 3.19. The van der Waals surface area contributed by atoms with Gasteiger partial charge in [-0.05, 0) is 43.0 Å². The Morgan fingerprint density at radius 1 is 1.03 bits per heavy atom. The van der Waals surface area contributed by atoms with Crippen molar-refractivity contribution in [3.8, 4) is 11.5 Å². The highest BCUT2D eigenvalue weighted by Gasteiger charge is 2.42. The number of para-hydroxylation sites is 1. The molecule has 2 atom stereocenters. The number of rotatable bonds is 4. The lowest BCUT2D eigenvalue weighted by molar-refractivity contribution is -0.116. The van der Waals surface area contributed by atoms with Crippen LogP contribution in [0.2, 0.25) is 0 Å².